The predicted octanol–water partition coefficient (Wildman–Crippen LogP) is 1.63. The molecule has 1 unspecified atom stereocenters. The molecular formula is C18H23N5O. The molecular weight excluding hydrogens is 302 g/mol. The van der Waals surface area contributed by atoms with Gasteiger partial charge in [0.25, 0.3) is 0 Å². The zero-order valence-corrected chi connectivity index (χ0v) is 13.8. The van der Waals surface area contributed by atoms with Gasteiger partial charge in [0.1, 0.15) is 17.7 Å². The first-order valence-corrected chi connectivity index (χ1v) is 8.74. The highest BCUT2D eigenvalue weighted by Gasteiger charge is 2.32. The second-order valence-corrected chi connectivity index (χ2v) is 6.76. The van der Waals surface area contributed by atoms with Gasteiger partial charge in [0.15, 0.2) is 0 Å². The fraction of sp³-hybridized carbons (Fsp3) is 0.500. The van der Waals surface area contributed by atoms with E-state index in [0.29, 0.717) is 5.92 Å². The number of primary amides is 1. The Hall–Kier alpha value is -2.21. The van der Waals surface area contributed by atoms with Gasteiger partial charge in [-0.15, -0.1) is 10.2 Å². The number of aryl methyl sites for hydroxylation is 1. The summed E-state index contributed by atoms with van der Waals surface area (Å²) in [5, 5.41) is 8.75. The molecule has 6 nitrogen and oxygen atoms in total. The lowest BCUT2D eigenvalue weighted by molar-refractivity contribution is -0.124. The third-order valence-electron chi connectivity index (χ3n) is 5.28. The summed E-state index contributed by atoms with van der Waals surface area (Å²) in [5.41, 5.74) is 6.67. The maximum Gasteiger partial charge on any atom is 0.239 e. The first-order valence-electron chi connectivity index (χ1n) is 8.74. The molecule has 1 amide bonds. The Morgan fingerprint density at radius 3 is 2.58 bits per heavy atom. The van der Waals surface area contributed by atoms with Crippen LogP contribution in [-0.4, -0.2) is 38.7 Å². The summed E-state index contributed by atoms with van der Waals surface area (Å²) in [6.07, 6.45) is 4.21. The van der Waals surface area contributed by atoms with Gasteiger partial charge in [-0.1, -0.05) is 30.3 Å². The SMILES string of the molecule is NC(=O)C(c1ccccc1)N1CCC(c2nnc3n2CCC3)CC1. The van der Waals surface area contributed by atoms with Gasteiger partial charge < -0.3 is 10.3 Å². The Morgan fingerprint density at radius 1 is 1.12 bits per heavy atom. The van der Waals surface area contributed by atoms with E-state index in [4.69, 9.17) is 5.73 Å². The maximum absolute atomic E-state index is 12.0. The van der Waals surface area contributed by atoms with Crippen LogP contribution in [0.5, 0.6) is 0 Å². The van der Waals surface area contributed by atoms with E-state index in [2.05, 4.69) is 19.7 Å². The van der Waals surface area contributed by atoms with Crippen LogP contribution < -0.4 is 5.73 Å². The third kappa shape index (κ3) is 2.71. The minimum absolute atomic E-state index is 0.275. The van der Waals surface area contributed by atoms with Crippen molar-refractivity contribution in [3.8, 4) is 0 Å². The Morgan fingerprint density at radius 2 is 1.88 bits per heavy atom. The van der Waals surface area contributed by atoms with Crippen molar-refractivity contribution in [2.24, 2.45) is 5.73 Å². The molecule has 2 aliphatic rings. The summed E-state index contributed by atoms with van der Waals surface area (Å²) in [5.74, 6) is 2.43. The highest BCUT2D eigenvalue weighted by atomic mass is 16.1. The van der Waals surface area contributed by atoms with Crippen LogP contribution in [0.25, 0.3) is 0 Å². The van der Waals surface area contributed by atoms with E-state index in [0.717, 1.165) is 56.1 Å². The summed E-state index contributed by atoms with van der Waals surface area (Å²) in [6.45, 7) is 2.76. The van der Waals surface area contributed by atoms with E-state index < -0.39 is 0 Å². The molecule has 0 bridgehead atoms. The number of aromatic nitrogens is 3. The van der Waals surface area contributed by atoms with Crippen molar-refractivity contribution in [3.63, 3.8) is 0 Å². The first kappa shape index (κ1) is 15.3. The van der Waals surface area contributed by atoms with Crippen molar-refractivity contribution in [1.82, 2.24) is 19.7 Å². The Kier molecular flexibility index (Phi) is 4.06. The summed E-state index contributed by atoms with van der Waals surface area (Å²) < 4.78 is 2.29. The van der Waals surface area contributed by atoms with Crippen LogP contribution in [0.4, 0.5) is 0 Å². The van der Waals surface area contributed by atoms with Crippen molar-refractivity contribution >= 4 is 5.91 Å². The number of nitrogens with zero attached hydrogens (tertiary/aromatic N) is 4. The highest BCUT2D eigenvalue weighted by Crippen LogP contribution is 2.32. The van der Waals surface area contributed by atoms with Gasteiger partial charge >= 0.3 is 0 Å². The molecule has 4 rings (SSSR count). The Balaban J connectivity index is 1.48. The quantitative estimate of drug-likeness (QED) is 0.927. The number of hydrogen-bond acceptors (Lipinski definition) is 4. The van der Waals surface area contributed by atoms with Crippen LogP contribution in [0, 0.1) is 0 Å². The van der Waals surface area contributed by atoms with Gasteiger partial charge in [-0.25, -0.2) is 0 Å². The molecule has 0 spiro atoms. The van der Waals surface area contributed by atoms with E-state index >= 15 is 0 Å². The lowest BCUT2D eigenvalue weighted by Gasteiger charge is -2.36. The number of benzene rings is 1. The molecule has 1 fully saturated rings. The van der Waals surface area contributed by atoms with Gasteiger partial charge in [-0.05, 0) is 37.9 Å². The van der Waals surface area contributed by atoms with E-state index in [9.17, 15) is 4.79 Å². The van der Waals surface area contributed by atoms with Crippen molar-refractivity contribution < 1.29 is 4.79 Å². The molecule has 3 heterocycles. The number of nitrogens with two attached hydrogens (primary N) is 1. The van der Waals surface area contributed by atoms with E-state index in [1.54, 1.807) is 0 Å². The number of piperidine rings is 1. The summed E-state index contributed by atoms with van der Waals surface area (Å²) >= 11 is 0. The number of carbonyl (C=O) groups excluding carboxylic acids is 1. The van der Waals surface area contributed by atoms with Crippen LogP contribution in [-0.2, 0) is 17.8 Å². The molecule has 6 heteroatoms. The summed E-state index contributed by atoms with van der Waals surface area (Å²) in [4.78, 5) is 14.2. The molecule has 126 valence electrons. The van der Waals surface area contributed by atoms with Crippen LogP contribution in [0.15, 0.2) is 30.3 Å². The average Bonchev–Trinajstić information content (AvgIpc) is 3.20. The molecule has 2 aromatic rings. The van der Waals surface area contributed by atoms with Gasteiger partial charge in [-0.2, -0.15) is 0 Å². The zero-order chi connectivity index (χ0) is 16.5. The van der Waals surface area contributed by atoms with Gasteiger partial charge in [-0.3, -0.25) is 9.69 Å². The maximum atomic E-state index is 12.0. The summed E-state index contributed by atoms with van der Waals surface area (Å²) in [6, 6.07) is 9.49. The van der Waals surface area contributed by atoms with Gasteiger partial charge in [0, 0.05) is 18.9 Å². The number of carbonyl (C=O) groups is 1. The summed E-state index contributed by atoms with van der Waals surface area (Å²) in [7, 11) is 0. The number of rotatable bonds is 4. The molecule has 1 saturated heterocycles. The number of hydrogen-bond donors (Lipinski definition) is 1. The molecule has 2 N–H and O–H groups in total. The smallest absolute Gasteiger partial charge is 0.239 e. The van der Waals surface area contributed by atoms with Crippen molar-refractivity contribution in [1.29, 1.82) is 0 Å². The highest BCUT2D eigenvalue weighted by molar-refractivity contribution is 5.81. The molecule has 24 heavy (non-hydrogen) atoms. The second kappa shape index (κ2) is 6.36. The van der Waals surface area contributed by atoms with Crippen molar-refractivity contribution in [2.45, 2.75) is 44.2 Å². The lowest BCUT2D eigenvalue weighted by atomic mass is 9.93. The average molecular weight is 325 g/mol. The van der Waals surface area contributed by atoms with Gasteiger partial charge in [0.2, 0.25) is 5.91 Å². The van der Waals surface area contributed by atoms with Gasteiger partial charge in [0.05, 0.1) is 0 Å². The first-order chi connectivity index (χ1) is 11.7. The van der Waals surface area contributed by atoms with Crippen LogP contribution in [0.2, 0.25) is 0 Å². The van der Waals surface area contributed by atoms with Crippen LogP contribution >= 0.6 is 0 Å². The molecule has 0 aliphatic carbocycles. The monoisotopic (exact) mass is 325 g/mol. The zero-order valence-electron chi connectivity index (χ0n) is 13.8. The fourth-order valence-electron chi connectivity index (χ4n) is 4.08. The van der Waals surface area contributed by atoms with Crippen LogP contribution in [0.3, 0.4) is 0 Å². The van der Waals surface area contributed by atoms with E-state index in [1.807, 2.05) is 30.3 Å². The number of amides is 1. The Bertz CT molecular complexity index is 718. The minimum Gasteiger partial charge on any atom is -0.368 e. The third-order valence-corrected chi connectivity index (χ3v) is 5.28. The topological polar surface area (TPSA) is 77.0 Å². The normalized spacial score (nSPS) is 20.0. The van der Waals surface area contributed by atoms with E-state index in [1.165, 1.54) is 6.42 Å². The van der Waals surface area contributed by atoms with Crippen LogP contribution in [0.1, 0.15) is 48.4 Å². The minimum atomic E-state index is -0.337. The molecule has 1 aromatic carbocycles. The molecule has 0 saturated carbocycles. The molecule has 1 atom stereocenters. The predicted molar refractivity (Wildman–Crippen MR) is 90.3 cm³/mol. The van der Waals surface area contributed by atoms with Crippen molar-refractivity contribution in [3.05, 3.63) is 47.5 Å². The van der Waals surface area contributed by atoms with E-state index in [-0.39, 0.29) is 11.9 Å². The Labute approximate surface area is 141 Å². The number of fused-ring (bicyclic) bond motifs is 1. The second-order valence-electron chi connectivity index (χ2n) is 6.76. The van der Waals surface area contributed by atoms with Crippen molar-refractivity contribution in [2.75, 3.05) is 13.1 Å². The lowest BCUT2D eigenvalue weighted by Crippen LogP contribution is -2.42. The number of likely N-dealkylation sites (tertiary alicyclic amines) is 1. The fourth-order valence-corrected chi connectivity index (χ4v) is 4.08. The standard InChI is InChI=1S/C18H23N5O/c19-17(24)16(13-5-2-1-3-6-13)22-11-8-14(9-12-22)18-21-20-15-7-4-10-23(15)18/h1-3,5-6,14,16H,4,7-12H2,(H2,19,24). The molecule has 2 aliphatic heterocycles. The largest absolute Gasteiger partial charge is 0.368 e. The molecule has 1 aromatic heterocycles. The molecule has 0 radical (unpaired) electrons.